The van der Waals surface area contributed by atoms with Gasteiger partial charge in [0.2, 0.25) is 5.95 Å². The molecule has 0 aliphatic heterocycles. The number of carbonyl (C=O) groups is 2. The van der Waals surface area contributed by atoms with Crippen LogP contribution >= 0.6 is 7.75 Å². The lowest BCUT2D eigenvalue weighted by atomic mass is 10.1. The number of carboxylic acid groups (broad SMARTS) is 1. The summed E-state index contributed by atoms with van der Waals surface area (Å²) in [6, 6.07) is 15.8. The normalized spacial score (nSPS) is 18.9. The Kier molecular flexibility index (Phi) is 9.19. The van der Waals surface area contributed by atoms with Crippen molar-refractivity contribution in [3.63, 3.8) is 0 Å². The number of rotatable bonds is 14. The molecule has 45 heavy (non-hydrogen) atoms. The number of para-hydroxylation sites is 1. The number of ether oxygens (including phenoxy) is 1. The van der Waals surface area contributed by atoms with Gasteiger partial charge in [-0.15, -0.1) is 0 Å². The van der Waals surface area contributed by atoms with Crippen LogP contribution in [0.1, 0.15) is 25.8 Å². The zero-order valence-electron chi connectivity index (χ0n) is 24.6. The van der Waals surface area contributed by atoms with E-state index in [0.29, 0.717) is 17.6 Å². The summed E-state index contributed by atoms with van der Waals surface area (Å²) in [4.78, 5) is 47.6. The number of imidazole rings is 1. The minimum Gasteiger partial charge on any atom is -0.480 e. The number of nitrogen functional groups attached to an aromatic ring is 1. The number of anilines is 1. The van der Waals surface area contributed by atoms with Gasteiger partial charge in [0.05, 0.1) is 17.9 Å². The molecule has 2 aromatic heterocycles. The Balaban J connectivity index is 1.44. The Labute approximate surface area is 257 Å². The number of fused-ring (bicyclic) bond motifs is 1. The second kappa shape index (κ2) is 13.1. The molecule has 1 fully saturated rings. The SMILES string of the molecule is CC(C)C(=O)OCC1(CO[P@@](=O)(NC(Cc2ccccc2)C(=O)O)Oc2ccccc2)C/C1=C/n1cnc2c(=O)[nH]c(N)nc21. The largest absolute Gasteiger partial charge is 0.480 e. The molecule has 5 rings (SSSR count). The van der Waals surface area contributed by atoms with Gasteiger partial charge in [-0.1, -0.05) is 62.4 Å². The van der Waals surface area contributed by atoms with Gasteiger partial charge in [0.15, 0.2) is 11.2 Å². The van der Waals surface area contributed by atoms with Crippen LogP contribution in [0.5, 0.6) is 5.75 Å². The number of aromatic amines is 1. The van der Waals surface area contributed by atoms with Crippen LogP contribution < -0.4 is 20.9 Å². The van der Waals surface area contributed by atoms with E-state index in [1.54, 1.807) is 80.7 Å². The number of aromatic nitrogens is 4. The molecule has 2 heterocycles. The lowest BCUT2D eigenvalue weighted by molar-refractivity contribution is -0.149. The van der Waals surface area contributed by atoms with Crippen molar-refractivity contribution in [3.05, 3.63) is 88.5 Å². The number of carbonyl (C=O) groups excluding carboxylic acids is 1. The zero-order valence-corrected chi connectivity index (χ0v) is 25.5. The van der Waals surface area contributed by atoms with E-state index in [0.717, 1.165) is 0 Å². The van der Waals surface area contributed by atoms with E-state index in [9.17, 15) is 24.1 Å². The number of nitrogens with one attached hydrogen (secondary N) is 2. The van der Waals surface area contributed by atoms with Gasteiger partial charge in [0.1, 0.15) is 24.7 Å². The average molecular weight is 637 g/mol. The van der Waals surface area contributed by atoms with Crippen molar-refractivity contribution in [1.29, 1.82) is 0 Å². The van der Waals surface area contributed by atoms with Gasteiger partial charge in [0, 0.05) is 6.20 Å². The number of hydrogen-bond acceptors (Lipinski definition) is 10. The first-order valence-corrected chi connectivity index (χ1v) is 15.7. The summed E-state index contributed by atoms with van der Waals surface area (Å²) in [6.45, 7) is 3.02. The van der Waals surface area contributed by atoms with Crippen LogP contribution in [-0.2, 0) is 29.8 Å². The second-order valence-electron chi connectivity index (χ2n) is 11.0. The summed E-state index contributed by atoms with van der Waals surface area (Å²) in [6.07, 6.45) is 3.43. The molecular formula is C30H33N6O8P. The molecule has 1 aliphatic carbocycles. The van der Waals surface area contributed by atoms with Crippen LogP contribution in [0.25, 0.3) is 17.4 Å². The summed E-state index contributed by atoms with van der Waals surface area (Å²) in [5.41, 5.74) is 6.00. The fraction of sp³-hybridized carbons (Fsp3) is 0.300. The highest BCUT2D eigenvalue weighted by Gasteiger charge is 2.52. The lowest BCUT2D eigenvalue weighted by Crippen LogP contribution is -2.38. The number of nitrogens with zero attached hydrogens (tertiary/aromatic N) is 3. The van der Waals surface area contributed by atoms with E-state index in [1.807, 2.05) is 0 Å². The summed E-state index contributed by atoms with van der Waals surface area (Å²) in [5.74, 6) is -1.97. The second-order valence-corrected chi connectivity index (χ2v) is 12.7. The fourth-order valence-corrected chi connectivity index (χ4v) is 6.14. The van der Waals surface area contributed by atoms with Crippen molar-refractivity contribution in [2.24, 2.45) is 11.3 Å². The molecule has 0 amide bonds. The molecule has 0 saturated heterocycles. The highest BCUT2D eigenvalue weighted by molar-refractivity contribution is 7.52. The molecule has 15 heteroatoms. The molecule has 236 valence electrons. The standard InChI is InChI=1S/C30H33N6O8P/c1-19(2)28(40)42-16-30(14-21(30)15-36-18-32-24-25(36)33-29(31)34-26(24)37)17-43-45(41,44-22-11-7-4-8-12-22)35-23(27(38)39)13-20-9-5-3-6-10-20/h3-12,15,18-19,23H,13-14,16-17H2,1-2H3,(H,35,41)(H,38,39)(H3,31,33,34,37)/b21-15-/t23?,30?,45-/m0/s1. The molecule has 3 atom stereocenters. The fourth-order valence-electron chi connectivity index (χ4n) is 4.56. The third-order valence-corrected chi connectivity index (χ3v) is 8.72. The first-order chi connectivity index (χ1) is 21.5. The molecule has 5 N–H and O–H groups in total. The molecule has 2 aromatic carbocycles. The molecule has 0 bridgehead atoms. The molecule has 0 spiro atoms. The number of aliphatic carboxylic acids is 1. The summed E-state index contributed by atoms with van der Waals surface area (Å²) in [5, 5.41) is 12.6. The molecule has 1 saturated carbocycles. The van der Waals surface area contributed by atoms with Gasteiger partial charge < -0.3 is 20.1 Å². The van der Waals surface area contributed by atoms with E-state index in [-0.39, 0.29) is 42.5 Å². The van der Waals surface area contributed by atoms with Crippen LogP contribution in [0.3, 0.4) is 0 Å². The van der Waals surface area contributed by atoms with E-state index >= 15 is 0 Å². The molecule has 4 aromatic rings. The first kappa shape index (κ1) is 31.6. The van der Waals surface area contributed by atoms with Crippen molar-refractivity contribution < 1.29 is 33.0 Å². The van der Waals surface area contributed by atoms with E-state index in [2.05, 4.69) is 20.0 Å². The third kappa shape index (κ3) is 7.66. The number of nitrogens with two attached hydrogens (primary N) is 1. The molecule has 1 aliphatic rings. The van der Waals surface area contributed by atoms with Crippen molar-refractivity contribution in [1.82, 2.24) is 24.6 Å². The minimum absolute atomic E-state index is 0.00688. The number of hydrogen-bond donors (Lipinski definition) is 4. The Bertz CT molecular complexity index is 1820. The van der Waals surface area contributed by atoms with Crippen LogP contribution in [0.4, 0.5) is 5.95 Å². The minimum atomic E-state index is -4.35. The van der Waals surface area contributed by atoms with Crippen LogP contribution in [0.15, 0.2) is 77.4 Å². The maximum absolute atomic E-state index is 14.3. The van der Waals surface area contributed by atoms with Gasteiger partial charge >= 0.3 is 19.7 Å². The predicted octanol–water partition coefficient (Wildman–Crippen LogP) is 3.62. The quantitative estimate of drug-likeness (QED) is 0.116. The molecular weight excluding hydrogens is 603 g/mol. The van der Waals surface area contributed by atoms with Crippen molar-refractivity contribution in [2.75, 3.05) is 18.9 Å². The first-order valence-electron chi connectivity index (χ1n) is 14.1. The third-order valence-electron chi connectivity index (χ3n) is 7.17. The van der Waals surface area contributed by atoms with Crippen LogP contribution in [-0.4, -0.2) is 55.8 Å². The highest BCUT2D eigenvalue weighted by Crippen LogP contribution is 2.56. The van der Waals surface area contributed by atoms with Crippen LogP contribution in [0.2, 0.25) is 0 Å². The van der Waals surface area contributed by atoms with E-state index in [4.69, 9.17) is 19.5 Å². The van der Waals surface area contributed by atoms with E-state index < -0.39 is 42.6 Å². The van der Waals surface area contributed by atoms with Gasteiger partial charge in [-0.25, -0.2) is 9.55 Å². The number of carboxylic acids is 1. The Morgan fingerprint density at radius 1 is 1.16 bits per heavy atom. The van der Waals surface area contributed by atoms with Crippen LogP contribution in [0, 0.1) is 11.3 Å². The number of H-pyrrole nitrogens is 1. The lowest BCUT2D eigenvalue weighted by Gasteiger charge is -2.25. The number of benzene rings is 2. The summed E-state index contributed by atoms with van der Waals surface area (Å²) >= 11 is 0. The van der Waals surface area contributed by atoms with Gasteiger partial charge in [-0.05, 0) is 36.1 Å². The topological polar surface area (TPSA) is 201 Å². The molecule has 14 nitrogen and oxygen atoms in total. The average Bonchev–Trinajstić information content (AvgIpc) is 3.54. The molecule has 2 unspecified atom stereocenters. The smallest absolute Gasteiger partial charge is 0.459 e. The van der Waals surface area contributed by atoms with Crippen molar-refractivity contribution in [3.8, 4) is 5.75 Å². The maximum Gasteiger partial charge on any atom is 0.459 e. The number of esters is 1. The Morgan fingerprint density at radius 2 is 1.84 bits per heavy atom. The van der Waals surface area contributed by atoms with Crippen molar-refractivity contribution >= 4 is 43.0 Å². The van der Waals surface area contributed by atoms with Gasteiger partial charge in [-0.3, -0.25) is 28.5 Å². The highest BCUT2D eigenvalue weighted by atomic mass is 31.2. The predicted molar refractivity (Wildman–Crippen MR) is 165 cm³/mol. The summed E-state index contributed by atoms with van der Waals surface area (Å²) < 4.78 is 33.1. The monoisotopic (exact) mass is 636 g/mol. The Hall–Kier alpha value is -4.78. The van der Waals surface area contributed by atoms with Gasteiger partial charge in [-0.2, -0.15) is 10.1 Å². The Morgan fingerprint density at radius 3 is 2.51 bits per heavy atom. The molecule has 0 radical (unpaired) electrons. The van der Waals surface area contributed by atoms with Gasteiger partial charge in [0.25, 0.3) is 5.56 Å². The van der Waals surface area contributed by atoms with Crippen molar-refractivity contribution in [2.45, 2.75) is 32.7 Å². The maximum atomic E-state index is 14.3. The van der Waals surface area contributed by atoms with E-state index in [1.165, 1.54) is 10.9 Å². The summed E-state index contributed by atoms with van der Waals surface area (Å²) in [7, 11) is -4.35. The zero-order chi connectivity index (χ0) is 32.2.